The van der Waals surface area contributed by atoms with Gasteiger partial charge in [-0.25, -0.2) is 0 Å². The smallest absolute Gasteiger partial charge is 0.0499 e. The summed E-state index contributed by atoms with van der Waals surface area (Å²) in [6.45, 7) is 3.52. The summed E-state index contributed by atoms with van der Waals surface area (Å²) in [7, 11) is 0. The fourth-order valence-electron chi connectivity index (χ4n) is 2.95. The fraction of sp³-hybridized carbons (Fsp3) is 0.625. The fourth-order valence-corrected chi connectivity index (χ4v) is 2.95. The van der Waals surface area contributed by atoms with Crippen molar-refractivity contribution in [2.75, 3.05) is 13.2 Å². The number of hydrogen-bond acceptors (Lipinski definition) is 2. The Morgan fingerprint density at radius 3 is 2.50 bits per heavy atom. The summed E-state index contributed by atoms with van der Waals surface area (Å²) in [5, 5.41) is 13.2. The van der Waals surface area contributed by atoms with Gasteiger partial charge in [-0.15, -0.1) is 0 Å². The molecule has 0 bridgehead atoms. The third-order valence-electron chi connectivity index (χ3n) is 4.21. The number of aliphatic hydroxyl groups excluding tert-OH is 1. The minimum atomic E-state index is 0.158. The Morgan fingerprint density at radius 1 is 1.22 bits per heavy atom. The van der Waals surface area contributed by atoms with Gasteiger partial charge in [-0.1, -0.05) is 43.2 Å². The Labute approximate surface area is 110 Å². The first-order valence-electron chi connectivity index (χ1n) is 7.12. The molecule has 1 saturated carbocycles. The van der Waals surface area contributed by atoms with Gasteiger partial charge >= 0.3 is 0 Å². The van der Waals surface area contributed by atoms with Crippen LogP contribution in [0.4, 0.5) is 0 Å². The lowest BCUT2D eigenvalue weighted by atomic mass is 9.87. The molecule has 100 valence electrons. The Bertz CT molecular complexity index is 343. The molecule has 1 atom stereocenters. The first-order valence-corrected chi connectivity index (χ1v) is 7.12. The minimum absolute atomic E-state index is 0.158. The lowest BCUT2D eigenvalue weighted by molar-refractivity contribution is 0.125. The quantitative estimate of drug-likeness (QED) is 0.810. The SMILES string of the molecule is CC(Cc1ccccc1)NCC1(CO)CCCC1. The van der Waals surface area contributed by atoms with Gasteiger partial charge in [0.1, 0.15) is 0 Å². The van der Waals surface area contributed by atoms with Crippen molar-refractivity contribution in [3.63, 3.8) is 0 Å². The first-order chi connectivity index (χ1) is 8.74. The monoisotopic (exact) mass is 247 g/mol. The zero-order valence-corrected chi connectivity index (χ0v) is 11.4. The van der Waals surface area contributed by atoms with E-state index in [9.17, 15) is 5.11 Å². The van der Waals surface area contributed by atoms with E-state index < -0.39 is 0 Å². The van der Waals surface area contributed by atoms with Crippen molar-refractivity contribution in [1.29, 1.82) is 0 Å². The van der Waals surface area contributed by atoms with Crippen LogP contribution >= 0.6 is 0 Å². The van der Waals surface area contributed by atoms with Gasteiger partial charge in [0.05, 0.1) is 0 Å². The van der Waals surface area contributed by atoms with Crippen molar-refractivity contribution in [3.8, 4) is 0 Å². The highest BCUT2D eigenvalue weighted by Gasteiger charge is 2.32. The minimum Gasteiger partial charge on any atom is -0.396 e. The average Bonchev–Trinajstić information content (AvgIpc) is 2.87. The van der Waals surface area contributed by atoms with Crippen LogP contribution in [0.5, 0.6) is 0 Å². The highest BCUT2D eigenvalue weighted by Crippen LogP contribution is 2.36. The predicted octanol–water partition coefficient (Wildman–Crippen LogP) is 2.76. The van der Waals surface area contributed by atoms with E-state index in [0.717, 1.165) is 13.0 Å². The topological polar surface area (TPSA) is 32.3 Å². The standard InChI is InChI=1S/C16H25NO/c1-14(11-15-7-3-2-4-8-15)17-12-16(13-18)9-5-6-10-16/h2-4,7-8,14,17-18H,5-6,9-13H2,1H3. The number of nitrogens with one attached hydrogen (secondary N) is 1. The van der Waals surface area contributed by atoms with Crippen molar-refractivity contribution < 1.29 is 5.11 Å². The second-order valence-corrected chi connectivity index (χ2v) is 5.84. The molecule has 2 N–H and O–H groups in total. The van der Waals surface area contributed by atoms with Gasteiger partial charge in [0.2, 0.25) is 0 Å². The van der Waals surface area contributed by atoms with Crippen LogP contribution in [0.25, 0.3) is 0 Å². The number of aliphatic hydroxyl groups is 1. The molecule has 0 aliphatic heterocycles. The summed E-state index contributed by atoms with van der Waals surface area (Å²) in [4.78, 5) is 0. The molecule has 1 aromatic rings. The highest BCUT2D eigenvalue weighted by molar-refractivity contribution is 5.15. The Morgan fingerprint density at radius 2 is 1.89 bits per heavy atom. The summed E-state index contributed by atoms with van der Waals surface area (Å²) < 4.78 is 0. The average molecular weight is 247 g/mol. The first kappa shape index (κ1) is 13.6. The lowest BCUT2D eigenvalue weighted by Gasteiger charge is -2.28. The van der Waals surface area contributed by atoms with Gasteiger partial charge in [0.25, 0.3) is 0 Å². The Balaban J connectivity index is 1.79. The number of rotatable bonds is 6. The summed E-state index contributed by atoms with van der Waals surface area (Å²) in [6, 6.07) is 11.1. The van der Waals surface area contributed by atoms with Gasteiger partial charge in [0, 0.05) is 24.6 Å². The Kier molecular flexibility index (Phi) is 4.79. The van der Waals surface area contributed by atoms with Gasteiger partial charge in [-0.05, 0) is 31.7 Å². The van der Waals surface area contributed by atoms with Crippen LogP contribution in [0.2, 0.25) is 0 Å². The van der Waals surface area contributed by atoms with Crippen LogP contribution in [-0.2, 0) is 6.42 Å². The molecule has 0 spiro atoms. The van der Waals surface area contributed by atoms with E-state index in [1.807, 2.05) is 0 Å². The van der Waals surface area contributed by atoms with Crippen LogP contribution in [0.15, 0.2) is 30.3 Å². The van der Waals surface area contributed by atoms with E-state index >= 15 is 0 Å². The molecular weight excluding hydrogens is 222 g/mol. The molecule has 0 saturated heterocycles. The molecule has 2 rings (SSSR count). The van der Waals surface area contributed by atoms with Crippen LogP contribution in [-0.4, -0.2) is 24.3 Å². The van der Waals surface area contributed by atoms with Gasteiger partial charge in [-0.3, -0.25) is 0 Å². The van der Waals surface area contributed by atoms with Gasteiger partial charge < -0.3 is 10.4 Å². The highest BCUT2D eigenvalue weighted by atomic mass is 16.3. The maximum absolute atomic E-state index is 9.58. The maximum atomic E-state index is 9.58. The van der Waals surface area contributed by atoms with Crippen LogP contribution < -0.4 is 5.32 Å². The van der Waals surface area contributed by atoms with Gasteiger partial charge in [-0.2, -0.15) is 0 Å². The molecule has 1 fully saturated rings. The second-order valence-electron chi connectivity index (χ2n) is 5.84. The van der Waals surface area contributed by atoms with E-state index in [1.165, 1.54) is 31.2 Å². The van der Waals surface area contributed by atoms with Crippen LogP contribution in [0.3, 0.4) is 0 Å². The molecule has 2 heteroatoms. The molecule has 1 aromatic carbocycles. The second kappa shape index (κ2) is 6.35. The molecule has 1 unspecified atom stereocenters. The largest absolute Gasteiger partial charge is 0.396 e. The van der Waals surface area contributed by atoms with Crippen molar-refractivity contribution in [3.05, 3.63) is 35.9 Å². The van der Waals surface area contributed by atoms with Crippen molar-refractivity contribution >= 4 is 0 Å². The van der Waals surface area contributed by atoms with Gasteiger partial charge in [0.15, 0.2) is 0 Å². The molecule has 0 heterocycles. The predicted molar refractivity (Wildman–Crippen MR) is 75.6 cm³/mol. The van der Waals surface area contributed by atoms with Crippen molar-refractivity contribution in [1.82, 2.24) is 5.32 Å². The van der Waals surface area contributed by atoms with E-state index in [2.05, 4.69) is 42.6 Å². The maximum Gasteiger partial charge on any atom is 0.0499 e. The van der Waals surface area contributed by atoms with E-state index in [1.54, 1.807) is 0 Å². The molecular formula is C16H25NO. The molecule has 0 amide bonds. The third-order valence-corrected chi connectivity index (χ3v) is 4.21. The van der Waals surface area contributed by atoms with Crippen molar-refractivity contribution in [2.45, 2.75) is 45.1 Å². The van der Waals surface area contributed by atoms with E-state index in [4.69, 9.17) is 0 Å². The summed E-state index contributed by atoms with van der Waals surface area (Å²) in [6.07, 6.45) is 5.95. The van der Waals surface area contributed by atoms with Crippen LogP contribution in [0, 0.1) is 5.41 Å². The Hall–Kier alpha value is -0.860. The summed E-state index contributed by atoms with van der Waals surface area (Å²) in [5.74, 6) is 0. The summed E-state index contributed by atoms with van der Waals surface area (Å²) in [5.41, 5.74) is 1.53. The van der Waals surface area contributed by atoms with Crippen LogP contribution in [0.1, 0.15) is 38.2 Å². The lowest BCUT2D eigenvalue weighted by Crippen LogP contribution is -2.40. The molecule has 1 aliphatic rings. The molecule has 0 radical (unpaired) electrons. The molecule has 18 heavy (non-hydrogen) atoms. The summed E-state index contributed by atoms with van der Waals surface area (Å²) >= 11 is 0. The zero-order chi connectivity index (χ0) is 12.8. The normalized spacial score (nSPS) is 19.9. The van der Waals surface area contributed by atoms with E-state index in [-0.39, 0.29) is 5.41 Å². The molecule has 1 aliphatic carbocycles. The van der Waals surface area contributed by atoms with Crippen molar-refractivity contribution in [2.24, 2.45) is 5.41 Å². The number of hydrogen-bond donors (Lipinski definition) is 2. The zero-order valence-electron chi connectivity index (χ0n) is 11.4. The molecule has 2 nitrogen and oxygen atoms in total. The number of benzene rings is 1. The third kappa shape index (κ3) is 3.56. The molecule has 0 aromatic heterocycles. The van der Waals surface area contributed by atoms with E-state index in [0.29, 0.717) is 12.6 Å².